The Kier molecular flexibility index (Phi) is 8.02. The van der Waals surface area contributed by atoms with E-state index in [2.05, 4.69) is 168 Å². The van der Waals surface area contributed by atoms with Gasteiger partial charge in [-0.1, -0.05) is 107 Å². The lowest BCUT2D eigenvalue weighted by Gasteiger charge is -2.20. The minimum atomic E-state index is -0.0552. The van der Waals surface area contributed by atoms with Gasteiger partial charge in [0.25, 0.3) is 0 Å². The Morgan fingerprint density at radius 1 is 0.490 bits per heavy atom. The van der Waals surface area contributed by atoms with Gasteiger partial charge in [0.05, 0.1) is 21.6 Å². The summed E-state index contributed by atoms with van der Waals surface area (Å²) < 4.78 is 0. The number of hydrogen-bond donors (Lipinski definition) is 0. The molecule has 0 radical (unpaired) electrons. The van der Waals surface area contributed by atoms with Crippen molar-refractivity contribution in [1.29, 1.82) is 0 Å². The quantitative estimate of drug-likeness (QED) is 0.176. The average Bonchev–Trinajstić information content (AvgIpc) is 3.82. The molecule has 0 aliphatic carbocycles. The van der Waals surface area contributed by atoms with E-state index in [4.69, 9.17) is 9.97 Å². The third-order valence-electron chi connectivity index (χ3n) is 9.19. The largest absolute Gasteiger partial charge is 0.252 e. The van der Waals surface area contributed by atoms with Gasteiger partial charge >= 0.3 is 0 Å². The average molecular weight is 671 g/mol. The van der Waals surface area contributed by atoms with E-state index in [9.17, 15) is 0 Å². The lowest BCUT2D eigenvalue weighted by molar-refractivity contribution is 0.572. The fourth-order valence-electron chi connectivity index (χ4n) is 6.44. The van der Waals surface area contributed by atoms with Gasteiger partial charge in [0.1, 0.15) is 0 Å². The summed E-state index contributed by atoms with van der Waals surface area (Å²) >= 11 is 3.71. The van der Waals surface area contributed by atoms with Crippen molar-refractivity contribution in [2.24, 2.45) is 0 Å². The highest BCUT2D eigenvalue weighted by Crippen LogP contribution is 2.42. The zero-order valence-corrected chi connectivity index (χ0v) is 30.1. The second kappa shape index (κ2) is 12.5. The van der Waals surface area contributed by atoms with Gasteiger partial charge in [-0.15, -0.1) is 22.7 Å². The fraction of sp³-hybridized carbons (Fsp3) is 0.156. The molecule has 0 aliphatic heterocycles. The van der Waals surface area contributed by atoms with Gasteiger partial charge in [0.2, 0.25) is 0 Å². The van der Waals surface area contributed by atoms with E-state index < -0.39 is 0 Å². The van der Waals surface area contributed by atoms with Crippen LogP contribution in [0.2, 0.25) is 0 Å². The first-order valence-corrected chi connectivity index (χ1v) is 18.6. The summed E-state index contributed by atoms with van der Waals surface area (Å²) in [6.07, 6.45) is 0. The predicted molar refractivity (Wildman–Crippen MR) is 213 cm³/mol. The maximum absolute atomic E-state index is 5.25. The van der Waals surface area contributed by atoms with Gasteiger partial charge in [-0.25, -0.2) is 4.98 Å². The molecule has 0 fully saturated rings. The van der Waals surface area contributed by atoms with Crippen molar-refractivity contribution >= 4 is 44.5 Å². The first kappa shape index (κ1) is 31.4. The van der Waals surface area contributed by atoms with Crippen molar-refractivity contribution in [1.82, 2.24) is 9.97 Å². The molecular formula is C45H38N2S2. The first-order valence-electron chi connectivity index (χ1n) is 16.9. The summed E-state index contributed by atoms with van der Waals surface area (Å²) in [5.41, 5.74) is 11.2. The molecule has 0 unspecified atom stereocenters. The molecule has 8 rings (SSSR count). The molecule has 0 N–H and O–H groups in total. The van der Waals surface area contributed by atoms with Gasteiger partial charge in [-0.05, 0) is 100.0 Å². The maximum atomic E-state index is 5.25. The summed E-state index contributed by atoms with van der Waals surface area (Å²) in [6, 6.07) is 48.4. The Morgan fingerprint density at radius 3 is 1.59 bits per heavy atom. The SMILES string of the molecule is CC(C)c1ccc(-c2ccc(-c3cc(-c4ccccc4)c4cc(-c5ccc6nc(C(C)(C)C)cc(-c7ccccc7)c6c5)ccc4n3)s2)s1. The second-order valence-electron chi connectivity index (χ2n) is 14.1. The number of nitrogens with zero attached hydrogens (tertiary/aromatic N) is 2. The number of fused-ring (bicyclic) bond motifs is 2. The van der Waals surface area contributed by atoms with E-state index in [0.29, 0.717) is 5.92 Å². The third kappa shape index (κ3) is 6.12. The molecule has 240 valence electrons. The van der Waals surface area contributed by atoms with Crippen LogP contribution in [0.4, 0.5) is 0 Å². The van der Waals surface area contributed by atoms with Crippen LogP contribution < -0.4 is 0 Å². The molecule has 0 aliphatic rings. The highest BCUT2D eigenvalue weighted by Gasteiger charge is 2.20. The third-order valence-corrected chi connectivity index (χ3v) is 11.9. The lowest BCUT2D eigenvalue weighted by Crippen LogP contribution is -2.13. The molecule has 4 aromatic heterocycles. The zero-order chi connectivity index (χ0) is 33.7. The van der Waals surface area contributed by atoms with Gasteiger partial charge < -0.3 is 0 Å². The molecule has 4 aromatic carbocycles. The van der Waals surface area contributed by atoms with Crippen molar-refractivity contribution < 1.29 is 0 Å². The normalized spacial score (nSPS) is 12.0. The summed E-state index contributed by atoms with van der Waals surface area (Å²) in [7, 11) is 0. The molecule has 8 aromatic rings. The van der Waals surface area contributed by atoms with Gasteiger partial charge in [0.15, 0.2) is 0 Å². The summed E-state index contributed by atoms with van der Waals surface area (Å²) in [6.45, 7) is 11.2. The summed E-state index contributed by atoms with van der Waals surface area (Å²) in [4.78, 5) is 15.6. The molecule has 0 spiro atoms. The molecule has 0 atom stereocenters. The lowest BCUT2D eigenvalue weighted by atomic mass is 9.88. The number of hydrogen-bond acceptors (Lipinski definition) is 4. The minimum Gasteiger partial charge on any atom is -0.252 e. The molecular weight excluding hydrogens is 633 g/mol. The van der Waals surface area contributed by atoms with Crippen LogP contribution in [0.3, 0.4) is 0 Å². The molecule has 2 nitrogen and oxygen atoms in total. The van der Waals surface area contributed by atoms with Gasteiger partial charge in [-0.3, -0.25) is 4.98 Å². The molecule has 4 heteroatoms. The zero-order valence-electron chi connectivity index (χ0n) is 28.5. The summed E-state index contributed by atoms with van der Waals surface area (Å²) in [5, 5.41) is 2.31. The smallest absolute Gasteiger partial charge is 0.0815 e. The van der Waals surface area contributed by atoms with Crippen LogP contribution in [0, 0.1) is 0 Å². The fourth-order valence-corrected chi connectivity index (χ4v) is 8.51. The van der Waals surface area contributed by atoms with Crippen LogP contribution in [-0.4, -0.2) is 9.97 Å². The van der Waals surface area contributed by atoms with Crippen molar-refractivity contribution in [2.45, 2.75) is 46.0 Å². The van der Waals surface area contributed by atoms with E-state index in [-0.39, 0.29) is 5.41 Å². The number of rotatable bonds is 6. The van der Waals surface area contributed by atoms with Gasteiger partial charge in [-0.2, -0.15) is 0 Å². The van der Waals surface area contributed by atoms with E-state index in [1.807, 2.05) is 22.7 Å². The van der Waals surface area contributed by atoms with Crippen LogP contribution >= 0.6 is 22.7 Å². The Hall–Kier alpha value is -4.90. The Morgan fingerprint density at radius 2 is 1.02 bits per heavy atom. The van der Waals surface area contributed by atoms with Crippen molar-refractivity contribution in [3.8, 4) is 53.7 Å². The molecule has 0 amide bonds. The van der Waals surface area contributed by atoms with E-state index >= 15 is 0 Å². The van der Waals surface area contributed by atoms with Crippen molar-refractivity contribution in [2.75, 3.05) is 0 Å². The number of pyridine rings is 2. The molecule has 0 bridgehead atoms. The Bertz CT molecular complexity index is 2440. The summed E-state index contributed by atoms with van der Waals surface area (Å²) in [5.74, 6) is 0.539. The molecule has 0 saturated carbocycles. The van der Waals surface area contributed by atoms with Crippen molar-refractivity contribution in [3.05, 3.63) is 144 Å². The number of benzene rings is 4. The predicted octanol–water partition coefficient (Wildman–Crippen LogP) is 13.7. The monoisotopic (exact) mass is 670 g/mol. The number of thiophene rings is 2. The van der Waals surface area contributed by atoms with Crippen LogP contribution in [0.15, 0.2) is 133 Å². The van der Waals surface area contributed by atoms with Crippen molar-refractivity contribution in [3.63, 3.8) is 0 Å². The second-order valence-corrected chi connectivity index (χ2v) is 16.3. The molecule has 49 heavy (non-hydrogen) atoms. The highest BCUT2D eigenvalue weighted by molar-refractivity contribution is 7.23. The van der Waals surface area contributed by atoms with E-state index in [0.717, 1.165) is 38.8 Å². The van der Waals surface area contributed by atoms with Crippen LogP contribution in [0.5, 0.6) is 0 Å². The van der Waals surface area contributed by atoms with Crippen LogP contribution in [-0.2, 0) is 5.41 Å². The van der Waals surface area contributed by atoms with E-state index in [1.54, 1.807) is 0 Å². The Labute approximate surface area is 296 Å². The standard InChI is InChI=1S/C45H38N2S2/c1-28(2)40-20-22-42(48-40)43-23-21-41(49-43)39-26-33(29-12-8-6-9-13-29)35-24-31(16-18-37(35)46-39)32-17-19-38-36(25-32)34(30-14-10-7-11-15-30)27-44(47-38)45(3,4)5/h6-28H,1-5H3. The van der Waals surface area contributed by atoms with E-state index in [1.165, 1.54) is 47.3 Å². The minimum absolute atomic E-state index is 0.0552. The van der Waals surface area contributed by atoms with Crippen LogP contribution in [0.1, 0.15) is 51.1 Å². The van der Waals surface area contributed by atoms with Gasteiger partial charge in [0, 0.05) is 36.5 Å². The molecule has 4 heterocycles. The topological polar surface area (TPSA) is 25.8 Å². The molecule has 0 saturated heterocycles. The maximum Gasteiger partial charge on any atom is 0.0815 e. The first-order chi connectivity index (χ1) is 23.7. The highest BCUT2D eigenvalue weighted by atomic mass is 32.1. The number of aromatic nitrogens is 2. The Balaban J connectivity index is 1.26. The van der Waals surface area contributed by atoms with Crippen LogP contribution in [0.25, 0.3) is 75.5 Å².